The van der Waals surface area contributed by atoms with E-state index in [1.165, 1.54) is 4.68 Å². The number of carbonyl (C=O) groups is 1. The molecule has 26 heavy (non-hydrogen) atoms. The Morgan fingerprint density at radius 1 is 1.23 bits per heavy atom. The number of aryl methyl sites for hydroxylation is 1. The molecule has 2 aromatic carbocycles. The highest BCUT2D eigenvalue weighted by molar-refractivity contribution is 7.26. The second-order valence-corrected chi connectivity index (χ2v) is 7.40. The highest BCUT2D eigenvalue weighted by Gasteiger charge is 2.16. The minimum Gasteiger partial charge on any atom is -0.324 e. The third kappa shape index (κ3) is 2.98. The minimum atomic E-state index is -0.333. The molecule has 0 fully saturated rings. The summed E-state index contributed by atoms with van der Waals surface area (Å²) in [6, 6.07) is 14.6. The number of hydrogen-bond acceptors (Lipinski definition) is 4. The number of rotatable bonds is 3. The van der Waals surface area contributed by atoms with Crippen LogP contribution >= 0.6 is 22.9 Å². The van der Waals surface area contributed by atoms with Gasteiger partial charge in [-0.1, -0.05) is 35.9 Å². The maximum absolute atomic E-state index is 12.9. The smallest absolute Gasteiger partial charge is 0.276 e. The lowest BCUT2D eigenvalue weighted by Crippen LogP contribution is -2.30. The highest BCUT2D eigenvalue weighted by atomic mass is 35.5. The largest absolute Gasteiger partial charge is 0.324 e. The van der Waals surface area contributed by atoms with E-state index in [1.807, 2.05) is 31.2 Å². The summed E-state index contributed by atoms with van der Waals surface area (Å²) in [5.41, 5.74) is 1.05. The maximum Gasteiger partial charge on any atom is 0.276 e. The normalized spacial score (nSPS) is 11.2. The first-order chi connectivity index (χ1) is 12.5. The van der Waals surface area contributed by atoms with E-state index in [0.717, 1.165) is 20.5 Å². The van der Waals surface area contributed by atoms with Gasteiger partial charge in [-0.25, -0.2) is 4.68 Å². The van der Waals surface area contributed by atoms with E-state index in [-0.39, 0.29) is 18.0 Å². The zero-order valence-corrected chi connectivity index (χ0v) is 15.4. The van der Waals surface area contributed by atoms with Crippen LogP contribution in [-0.2, 0) is 11.3 Å². The summed E-state index contributed by atoms with van der Waals surface area (Å²) < 4.78 is 3.12. The van der Waals surface area contributed by atoms with E-state index in [0.29, 0.717) is 16.1 Å². The number of fused-ring (bicyclic) bond motifs is 3. The van der Waals surface area contributed by atoms with E-state index in [1.54, 1.807) is 35.6 Å². The molecule has 0 aliphatic carbocycles. The van der Waals surface area contributed by atoms with Crippen LogP contribution in [0.15, 0.2) is 53.3 Å². The average molecular weight is 384 g/mol. The van der Waals surface area contributed by atoms with Crippen molar-refractivity contribution in [3.8, 4) is 0 Å². The lowest BCUT2D eigenvalue weighted by atomic mass is 10.2. The molecule has 130 valence electrons. The summed E-state index contributed by atoms with van der Waals surface area (Å²) in [5, 5.41) is 9.10. The number of carbonyl (C=O) groups excluding carboxylic acids is 1. The lowest BCUT2D eigenvalue weighted by molar-refractivity contribution is -0.117. The Balaban J connectivity index is 1.72. The number of nitrogens with one attached hydrogen (secondary N) is 1. The molecule has 0 saturated carbocycles. The Labute approximate surface area is 157 Å². The third-order valence-electron chi connectivity index (χ3n) is 4.04. The Morgan fingerprint density at radius 3 is 2.85 bits per heavy atom. The molecule has 5 nitrogen and oxygen atoms in total. The van der Waals surface area contributed by atoms with Gasteiger partial charge < -0.3 is 5.32 Å². The number of benzene rings is 2. The van der Waals surface area contributed by atoms with Crippen LogP contribution in [0, 0.1) is 6.92 Å². The summed E-state index contributed by atoms with van der Waals surface area (Å²) in [6.07, 6.45) is 0. The second-order valence-electron chi connectivity index (χ2n) is 5.91. The van der Waals surface area contributed by atoms with Crippen molar-refractivity contribution in [1.29, 1.82) is 0 Å². The van der Waals surface area contributed by atoms with Crippen LogP contribution in [0.1, 0.15) is 5.69 Å². The van der Waals surface area contributed by atoms with Crippen LogP contribution in [0.5, 0.6) is 0 Å². The van der Waals surface area contributed by atoms with Crippen LogP contribution in [-0.4, -0.2) is 15.7 Å². The summed E-state index contributed by atoms with van der Waals surface area (Å²) in [4.78, 5) is 25.2. The van der Waals surface area contributed by atoms with Crippen molar-refractivity contribution in [1.82, 2.24) is 9.78 Å². The molecule has 0 atom stereocenters. The monoisotopic (exact) mass is 383 g/mol. The molecule has 0 spiro atoms. The van der Waals surface area contributed by atoms with Gasteiger partial charge in [0, 0.05) is 20.8 Å². The molecule has 4 rings (SSSR count). The zero-order chi connectivity index (χ0) is 18.3. The van der Waals surface area contributed by atoms with E-state index in [9.17, 15) is 9.59 Å². The number of hydrogen-bond donors (Lipinski definition) is 1. The fourth-order valence-electron chi connectivity index (χ4n) is 2.92. The van der Waals surface area contributed by atoms with Crippen molar-refractivity contribution >= 4 is 54.7 Å². The molecule has 1 N–H and O–H groups in total. The van der Waals surface area contributed by atoms with Crippen molar-refractivity contribution < 1.29 is 4.79 Å². The summed E-state index contributed by atoms with van der Waals surface area (Å²) in [7, 11) is 0. The summed E-state index contributed by atoms with van der Waals surface area (Å²) in [6.45, 7) is 1.69. The van der Waals surface area contributed by atoms with Gasteiger partial charge in [-0.3, -0.25) is 9.59 Å². The molecule has 7 heteroatoms. The maximum atomic E-state index is 12.9. The van der Waals surface area contributed by atoms with Gasteiger partial charge >= 0.3 is 0 Å². The molecular formula is C19H14ClN3O2S. The third-order valence-corrected chi connectivity index (χ3v) is 5.56. The highest BCUT2D eigenvalue weighted by Crippen LogP contribution is 2.32. The van der Waals surface area contributed by atoms with E-state index in [4.69, 9.17) is 11.6 Å². The van der Waals surface area contributed by atoms with Crippen LogP contribution in [0.2, 0.25) is 5.02 Å². The van der Waals surface area contributed by atoms with Gasteiger partial charge in [0.1, 0.15) is 6.54 Å². The first kappa shape index (κ1) is 16.8. The number of aromatic nitrogens is 2. The minimum absolute atomic E-state index is 0.160. The van der Waals surface area contributed by atoms with Crippen molar-refractivity contribution in [2.24, 2.45) is 0 Å². The predicted molar refractivity (Wildman–Crippen MR) is 106 cm³/mol. The van der Waals surface area contributed by atoms with Crippen LogP contribution in [0.3, 0.4) is 0 Å². The van der Waals surface area contributed by atoms with E-state index in [2.05, 4.69) is 10.4 Å². The van der Waals surface area contributed by atoms with Crippen LogP contribution in [0.4, 0.5) is 5.69 Å². The molecule has 2 heterocycles. The van der Waals surface area contributed by atoms with Crippen molar-refractivity contribution in [2.45, 2.75) is 13.5 Å². The number of nitrogens with zero attached hydrogens (tertiary/aromatic N) is 2. The quantitative estimate of drug-likeness (QED) is 0.576. The summed E-state index contributed by atoms with van der Waals surface area (Å²) in [5.74, 6) is -0.333. The van der Waals surface area contributed by atoms with Gasteiger partial charge in [0.2, 0.25) is 5.91 Å². The average Bonchev–Trinajstić information content (AvgIpc) is 3.00. The zero-order valence-electron chi connectivity index (χ0n) is 13.8. The van der Waals surface area contributed by atoms with Crippen molar-refractivity contribution in [3.05, 3.63) is 69.6 Å². The molecule has 0 aliphatic heterocycles. The molecule has 4 aromatic rings. The Hall–Kier alpha value is -2.70. The molecular weight excluding hydrogens is 370 g/mol. The second kappa shape index (κ2) is 6.55. The molecule has 0 radical (unpaired) electrons. The number of amides is 1. The van der Waals surface area contributed by atoms with Gasteiger partial charge in [-0.15, -0.1) is 11.3 Å². The number of thiophene rings is 1. The molecule has 0 saturated heterocycles. The van der Waals surface area contributed by atoms with Crippen LogP contribution in [0.25, 0.3) is 20.2 Å². The van der Waals surface area contributed by atoms with Crippen LogP contribution < -0.4 is 10.9 Å². The van der Waals surface area contributed by atoms with E-state index < -0.39 is 0 Å². The number of halogens is 1. The van der Waals surface area contributed by atoms with Crippen molar-refractivity contribution in [2.75, 3.05) is 5.32 Å². The topological polar surface area (TPSA) is 64.0 Å². The van der Waals surface area contributed by atoms with Gasteiger partial charge in [0.05, 0.1) is 15.8 Å². The lowest BCUT2D eigenvalue weighted by Gasteiger charge is -2.08. The molecule has 2 aromatic heterocycles. The van der Waals surface area contributed by atoms with E-state index >= 15 is 0 Å². The fraction of sp³-hybridized carbons (Fsp3) is 0.105. The number of anilines is 1. The van der Waals surface area contributed by atoms with Crippen molar-refractivity contribution in [3.63, 3.8) is 0 Å². The molecule has 0 aliphatic rings. The Morgan fingerprint density at radius 2 is 2.04 bits per heavy atom. The standard InChI is InChI=1S/C19H14ClN3O2S/c1-11-18-17(14-7-2-3-8-15(14)26-18)19(25)23(22-11)10-16(24)21-13-6-4-5-12(20)9-13/h2-9H,10H2,1H3,(H,21,24). The van der Waals surface area contributed by atoms with Gasteiger partial charge in [0.25, 0.3) is 5.56 Å². The Kier molecular flexibility index (Phi) is 4.22. The fourth-order valence-corrected chi connectivity index (χ4v) is 4.25. The molecule has 0 bridgehead atoms. The summed E-state index contributed by atoms with van der Waals surface area (Å²) >= 11 is 7.47. The Bertz CT molecular complexity index is 1210. The molecule has 1 amide bonds. The SMILES string of the molecule is Cc1nn(CC(=O)Nc2cccc(Cl)c2)c(=O)c2c1sc1ccccc12. The first-order valence-electron chi connectivity index (χ1n) is 7.97. The van der Waals surface area contributed by atoms with Gasteiger partial charge in [-0.2, -0.15) is 5.10 Å². The van der Waals surface area contributed by atoms with Gasteiger partial charge in [0.15, 0.2) is 0 Å². The predicted octanol–water partition coefficient (Wildman–Crippen LogP) is 4.21. The first-order valence-corrected chi connectivity index (χ1v) is 9.17. The molecule has 0 unspecified atom stereocenters. The van der Waals surface area contributed by atoms with Gasteiger partial charge in [-0.05, 0) is 31.2 Å².